The Labute approximate surface area is 174 Å². The number of halogens is 3. The first-order valence-corrected chi connectivity index (χ1v) is 9.32. The Kier molecular flexibility index (Phi) is 8.79. The zero-order valence-corrected chi connectivity index (χ0v) is 17.2. The summed E-state index contributed by atoms with van der Waals surface area (Å²) in [5, 5.41) is 2.82. The predicted molar refractivity (Wildman–Crippen MR) is 107 cm³/mol. The molecule has 0 radical (unpaired) electrons. The maximum Gasteiger partial charge on any atom is 0.387 e. The maximum absolute atomic E-state index is 13.1. The molecule has 0 aliphatic rings. The van der Waals surface area contributed by atoms with Gasteiger partial charge in [0.05, 0.1) is 7.11 Å². The highest BCUT2D eigenvalue weighted by Crippen LogP contribution is 2.29. The zero-order chi connectivity index (χ0) is 22.1. The highest BCUT2D eigenvalue weighted by molar-refractivity contribution is 5.74. The normalized spacial score (nSPS) is 10.9. The minimum atomic E-state index is -2.96. The van der Waals surface area contributed by atoms with Crippen molar-refractivity contribution >= 4 is 6.03 Å². The zero-order valence-electron chi connectivity index (χ0n) is 17.2. The van der Waals surface area contributed by atoms with Gasteiger partial charge in [-0.05, 0) is 49.5 Å². The lowest BCUT2D eigenvalue weighted by atomic mass is 10.2. The number of rotatable bonds is 10. The van der Waals surface area contributed by atoms with E-state index >= 15 is 0 Å². The Hall–Kier alpha value is -2.94. The van der Waals surface area contributed by atoms with Crippen molar-refractivity contribution in [3.05, 3.63) is 59.4 Å². The lowest BCUT2D eigenvalue weighted by molar-refractivity contribution is -0.0512. The largest absolute Gasteiger partial charge is 0.493 e. The number of benzene rings is 2. The number of carbonyl (C=O) groups excluding carboxylic acids is 1. The number of hydrogen-bond acceptors (Lipinski definition) is 4. The summed E-state index contributed by atoms with van der Waals surface area (Å²) in [6, 6.07) is 10.2. The second-order valence-corrected chi connectivity index (χ2v) is 6.87. The Morgan fingerprint density at radius 2 is 1.70 bits per heavy atom. The molecule has 0 bridgehead atoms. The van der Waals surface area contributed by atoms with Gasteiger partial charge in [-0.25, -0.2) is 9.18 Å². The fourth-order valence-corrected chi connectivity index (χ4v) is 2.69. The molecule has 9 heteroatoms. The number of hydrogen-bond donors (Lipinski definition) is 1. The molecule has 0 aromatic heterocycles. The maximum atomic E-state index is 13.1. The molecule has 1 N–H and O–H groups in total. The van der Waals surface area contributed by atoms with Crippen molar-refractivity contribution in [1.82, 2.24) is 15.1 Å². The summed E-state index contributed by atoms with van der Waals surface area (Å²) in [4.78, 5) is 16.3. The van der Waals surface area contributed by atoms with Gasteiger partial charge in [0.15, 0.2) is 11.5 Å². The van der Waals surface area contributed by atoms with Crippen LogP contribution in [-0.4, -0.2) is 56.7 Å². The molecule has 0 saturated heterocycles. The number of carbonyl (C=O) groups is 1. The Morgan fingerprint density at radius 3 is 2.30 bits per heavy atom. The average Bonchev–Trinajstić information content (AvgIpc) is 2.70. The van der Waals surface area contributed by atoms with E-state index in [1.165, 1.54) is 31.4 Å². The van der Waals surface area contributed by atoms with E-state index in [9.17, 15) is 18.0 Å². The standard InChI is InChI=1S/C21H26F3N3O3/c1-26(2)10-11-27(14-15-4-7-17(22)8-5-15)21(28)25-13-16-6-9-18(30-20(23)24)19(12-16)29-3/h4-9,12,20H,10-11,13-14H2,1-3H3,(H,25,28). The van der Waals surface area contributed by atoms with Crippen molar-refractivity contribution in [1.29, 1.82) is 0 Å². The number of alkyl halides is 2. The second-order valence-electron chi connectivity index (χ2n) is 6.87. The minimum Gasteiger partial charge on any atom is -0.493 e. The fourth-order valence-electron chi connectivity index (χ4n) is 2.69. The molecule has 2 amide bonds. The molecule has 2 aromatic rings. The second kappa shape index (κ2) is 11.3. The molecule has 0 atom stereocenters. The molecular weight excluding hydrogens is 399 g/mol. The van der Waals surface area contributed by atoms with E-state index < -0.39 is 6.61 Å². The van der Waals surface area contributed by atoms with Gasteiger partial charge in [0.1, 0.15) is 5.82 Å². The summed E-state index contributed by atoms with van der Waals surface area (Å²) >= 11 is 0. The van der Waals surface area contributed by atoms with Crippen LogP contribution in [0.5, 0.6) is 11.5 Å². The van der Waals surface area contributed by atoms with E-state index in [0.29, 0.717) is 25.2 Å². The molecule has 6 nitrogen and oxygen atoms in total. The van der Waals surface area contributed by atoms with Gasteiger partial charge < -0.3 is 24.6 Å². The van der Waals surface area contributed by atoms with Crippen LogP contribution in [0.25, 0.3) is 0 Å². The van der Waals surface area contributed by atoms with Crippen molar-refractivity contribution in [2.45, 2.75) is 19.7 Å². The number of nitrogens with one attached hydrogen (secondary N) is 1. The molecule has 2 aromatic carbocycles. The van der Waals surface area contributed by atoms with Gasteiger partial charge in [-0.1, -0.05) is 18.2 Å². The summed E-state index contributed by atoms with van der Waals surface area (Å²) in [5.41, 5.74) is 1.47. The van der Waals surface area contributed by atoms with Crippen LogP contribution in [0.15, 0.2) is 42.5 Å². The smallest absolute Gasteiger partial charge is 0.387 e. The van der Waals surface area contributed by atoms with Crippen LogP contribution < -0.4 is 14.8 Å². The molecular formula is C21H26F3N3O3. The molecule has 0 aliphatic carbocycles. The highest BCUT2D eigenvalue weighted by Gasteiger charge is 2.15. The third kappa shape index (κ3) is 7.47. The topological polar surface area (TPSA) is 54.0 Å². The first kappa shape index (κ1) is 23.3. The monoisotopic (exact) mass is 425 g/mol. The van der Waals surface area contributed by atoms with E-state index in [2.05, 4.69) is 10.1 Å². The van der Waals surface area contributed by atoms with E-state index in [4.69, 9.17) is 4.74 Å². The van der Waals surface area contributed by atoms with Crippen molar-refractivity contribution in [3.8, 4) is 11.5 Å². The molecule has 0 heterocycles. The summed E-state index contributed by atoms with van der Waals surface area (Å²) in [5.74, 6) is -0.263. The van der Waals surface area contributed by atoms with Gasteiger partial charge >= 0.3 is 12.6 Å². The number of nitrogens with zero attached hydrogens (tertiary/aromatic N) is 2. The number of amides is 2. The number of ether oxygens (including phenoxy) is 2. The van der Waals surface area contributed by atoms with Crippen molar-refractivity contribution in [2.24, 2.45) is 0 Å². The predicted octanol–water partition coefficient (Wildman–Crippen LogP) is 3.71. The molecule has 0 fully saturated rings. The van der Waals surface area contributed by atoms with Crippen LogP contribution in [0.3, 0.4) is 0 Å². The third-order valence-corrected chi connectivity index (χ3v) is 4.28. The van der Waals surface area contributed by atoms with Gasteiger partial charge in [-0.15, -0.1) is 0 Å². The van der Waals surface area contributed by atoms with Crippen LogP contribution >= 0.6 is 0 Å². The van der Waals surface area contributed by atoms with Gasteiger partial charge in [0, 0.05) is 26.2 Å². The molecule has 164 valence electrons. The van der Waals surface area contributed by atoms with Gasteiger partial charge in [-0.2, -0.15) is 8.78 Å². The van der Waals surface area contributed by atoms with Crippen molar-refractivity contribution in [2.75, 3.05) is 34.3 Å². The summed E-state index contributed by atoms with van der Waals surface area (Å²) in [6.07, 6.45) is 0. The van der Waals surface area contributed by atoms with E-state index in [1.807, 2.05) is 19.0 Å². The van der Waals surface area contributed by atoms with Crippen molar-refractivity contribution < 1.29 is 27.4 Å². The van der Waals surface area contributed by atoms with Crippen LogP contribution in [0, 0.1) is 5.82 Å². The first-order valence-electron chi connectivity index (χ1n) is 9.32. The molecule has 2 rings (SSSR count). The van der Waals surface area contributed by atoms with Crippen LogP contribution in [0.2, 0.25) is 0 Å². The number of likely N-dealkylation sites (N-methyl/N-ethyl adjacent to an activating group) is 1. The lowest BCUT2D eigenvalue weighted by Gasteiger charge is -2.25. The Balaban J connectivity index is 2.04. The van der Waals surface area contributed by atoms with E-state index in [0.717, 1.165) is 5.56 Å². The SMILES string of the molecule is COc1cc(CNC(=O)N(CCN(C)C)Cc2ccc(F)cc2)ccc1OC(F)F. The van der Waals surface area contributed by atoms with Gasteiger partial charge in [0.25, 0.3) is 0 Å². The van der Waals surface area contributed by atoms with Crippen LogP contribution in [0.4, 0.5) is 18.0 Å². The molecule has 0 aliphatic heterocycles. The first-order chi connectivity index (χ1) is 14.3. The van der Waals surface area contributed by atoms with Crippen molar-refractivity contribution in [3.63, 3.8) is 0 Å². The number of urea groups is 1. The summed E-state index contributed by atoms with van der Waals surface area (Å²) in [6.45, 7) is -1.33. The highest BCUT2D eigenvalue weighted by atomic mass is 19.3. The summed E-state index contributed by atoms with van der Waals surface area (Å²) in [7, 11) is 5.16. The molecule has 0 unspecified atom stereocenters. The van der Waals surface area contributed by atoms with Gasteiger partial charge in [0.2, 0.25) is 0 Å². The van der Waals surface area contributed by atoms with Crippen LogP contribution in [0.1, 0.15) is 11.1 Å². The fraction of sp³-hybridized carbons (Fsp3) is 0.381. The molecule has 0 saturated carbocycles. The Bertz CT molecular complexity index is 817. The quantitative estimate of drug-likeness (QED) is 0.631. The van der Waals surface area contributed by atoms with Gasteiger partial charge in [-0.3, -0.25) is 0 Å². The minimum absolute atomic E-state index is 0.0773. The lowest BCUT2D eigenvalue weighted by Crippen LogP contribution is -2.42. The van der Waals surface area contributed by atoms with Crippen LogP contribution in [-0.2, 0) is 13.1 Å². The molecule has 30 heavy (non-hydrogen) atoms. The average molecular weight is 425 g/mol. The third-order valence-electron chi connectivity index (χ3n) is 4.28. The van der Waals surface area contributed by atoms with E-state index in [-0.39, 0.29) is 29.9 Å². The van der Waals surface area contributed by atoms with E-state index in [1.54, 1.807) is 23.1 Å². The Morgan fingerprint density at radius 1 is 1.03 bits per heavy atom. The molecule has 0 spiro atoms. The summed E-state index contributed by atoms with van der Waals surface area (Å²) < 4.78 is 47.5. The number of methoxy groups -OCH3 is 1.